The van der Waals surface area contributed by atoms with Crippen LogP contribution in [0.25, 0.3) is 11.5 Å². The van der Waals surface area contributed by atoms with Crippen molar-refractivity contribution in [2.24, 2.45) is 0 Å². The van der Waals surface area contributed by atoms with E-state index in [9.17, 15) is 4.79 Å². The lowest BCUT2D eigenvalue weighted by Crippen LogP contribution is -2.17. The molecule has 0 radical (unpaired) electrons. The Balaban J connectivity index is 1.57. The normalized spacial score (nSPS) is 11.7. The second-order valence-electron chi connectivity index (χ2n) is 6.36. The molecule has 0 amide bonds. The highest BCUT2D eigenvalue weighted by Crippen LogP contribution is 2.24. The first kappa shape index (κ1) is 19.4. The predicted molar refractivity (Wildman–Crippen MR) is 102 cm³/mol. The van der Waals surface area contributed by atoms with Crippen molar-refractivity contribution < 1.29 is 23.4 Å². The van der Waals surface area contributed by atoms with Crippen molar-refractivity contribution in [2.45, 2.75) is 26.9 Å². The highest BCUT2D eigenvalue weighted by atomic mass is 16.6. The Morgan fingerprint density at radius 1 is 1.11 bits per heavy atom. The molecular weight excluding hydrogens is 360 g/mol. The van der Waals surface area contributed by atoms with Crippen LogP contribution in [0.15, 0.2) is 46.9 Å². The van der Waals surface area contributed by atoms with Crippen molar-refractivity contribution >= 4 is 5.97 Å². The molecule has 3 aromatic rings. The molecule has 0 bridgehead atoms. The Hall–Kier alpha value is -3.35. The minimum Gasteiger partial charge on any atom is -0.497 e. The first-order valence-electron chi connectivity index (χ1n) is 8.83. The van der Waals surface area contributed by atoms with Crippen molar-refractivity contribution in [3.63, 3.8) is 0 Å². The van der Waals surface area contributed by atoms with Gasteiger partial charge in [0, 0.05) is 5.56 Å². The Morgan fingerprint density at radius 2 is 1.86 bits per heavy atom. The summed E-state index contributed by atoms with van der Waals surface area (Å²) in [5.74, 6) is 1.42. The van der Waals surface area contributed by atoms with Crippen molar-refractivity contribution in [3.05, 3.63) is 59.5 Å². The highest BCUT2D eigenvalue weighted by molar-refractivity contribution is 5.71. The molecule has 2 aromatic carbocycles. The van der Waals surface area contributed by atoms with Crippen molar-refractivity contribution in [1.82, 2.24) is 10.2 Å². The van der Waals surface area contributed by atoms with Gasteiger partial charge in [0.2, 0.25) is 5.89 Å². The Labute approximate surface area is 163 Å². The molecular formula is C21H22N2O5. The second kappa shape index (κ2) is 8.56. The smallest absolute Gasteiger partial charge is 0.344 e. The number of aromatic nitrogens is 2. The van der Waals surface area contributed by atoms with Crippen LogP contribution >= 0.6 is 0 Å². The summed E-state index contributed by atoms with van der Waals surface area (Å²) in [7, 11) is 1.60. The summed E-state index contributed by atoms with van der Waals surface area (Å²) in [6, 6.07) is 13.0. The molecule has 7 heteroatoms. The van der Waals surface area contributed by atoms with Gasteiger partial charge in [-0.25, -0.2) is 4.79 Å². The van der Waals surface area contributed by atoms with Gasteiger partial charge >= 0.3 is 5.97 Å². The van der Waals surface area contributed by atoms with E-state index in [4.69, 9.17) is 18.6 Å². The molecule has 7 nitrogen and oxygen atoms in total. The van der Waals surface area contributed by atoms with E-state index in [2.05, 4.69) is 10.2 Å². The monoisotopic (exact) mass is 382 g/mol. The molecule has 0 saturated carbocycles. The number of aryl methyl sites for hydroxylation is 2. The number of rotatable bonds is 7. The van der Waals surface area contributed by atoms with Crippen LogP contribution in [0.1, 0.15) is 30.0 Å². The second-order valence-corrected chi connectivity index (χ2v) is 6.36. The topological polar surface area (TPSA) is 83.7 Å². The summed E-state index contributed by atoms with van der Waals surface area (Å²) >= 11 is 0. The summed E-state index contributed by atoms with van der Waals surface area (Å²) in [6.45, 7) is 5.39. The van der Waals surface area contributed by atoms with Gasteiger partial charge < -0.3 is 18.6 Å². The van der Waals surface area contributed by atoms with E-state index in [-0.39, 0.29) is 12.5 Å². The summed E-state index contributed by atoms with van der Waals surface area (Å²) < 4.78 is 21.6. The molecule has 0 aliphatic heterocycles. The van der Waals surface area contributed by atoms with E-state index >= 15 is 0 Å². The minimum absolute atomic E-state index is 0.201. The van der Waals surface area contributed by atoms with Crippen LogP contribution in [0, 0.1) is 13.8 Å². The maximum absolute atomic E-state index is 12.1. The zero-order chi connectivity index (χ0) is 20.1. The Bertz CT molecular complexity index is 950. The molecule has 0 saturated heterocycles. The van der Waals surface area contributed by atoms with Gasteiger partial charge in [0.05, 0.1) is 7.11 Å². The van der Waals surface area contributed by atoms with Crippen LogP contribution in [0.2, 0.25) is 0 Å². The molecule has 0 fully saturated rings. The van der Waals surface area contributed by atoms with Crippen molar-refractivity contribution in [1.29, 1.82) is 0 Å². The maximum Gasteiger partial charge on any atom is 0.344 e. The van der Waals surface area contributed by atoms with E-state index < -0.39 is 12.1 Å². The van der Waals surface area contributed by atoms with Gasteiger partial charge in [0.15, 0.2) is 12.7 Å². The molecule has 146 valence electrons. The quantitative estimate of drug-likeness (QED) is 0.570. The first-order valence-corrected chi connectivity index (χ1v) is 8.83. The van der Waals surface area contributed by atoms with E-state index in [0.29, 0.717) is 11.6 Å². The lowest BCUT2D eigenvalue weighted by Gasteiger charge is -2.12. The van der Waals surface area contributed by atoms with Gasteiger partial charge in [-0.1, -0.05) is 17.7 Å². The van der Waals surface area contributed by atoms with Crippen LogP contribution in [-0.2, 0) is 9.53 Å². The zero-order valence-corrected chi connectivity index (χ0v) is 16.3. The molecule has 0 aliphatic rings. The molecule has 1 atom stereocenters. The fourth-order valence-electron chi connectivity index (χ4n) is 2.63. The van der Waals surface area contributed by atoms with Gasteiger partial charge in [-0.3, -0.25) is 0 Å². The van der Waals surface area contributed by atoms with Crippen LogP contribution in [0.3, 0.4) is 0 Å². The van der Waals surface area contributed by atoms with Gasteiger partial charge in [-0.05, 0) is 56.7 Å². The number of ether oxygens (including phenoxy) is 3. The molecule has 0 N–H and O–H groups in total. The molecule has 1 heterocycles. The van der Waals surface area contributed by atoms with Gasteiger partial charge in [-0.2, -0.15) is 0 Å². The van der Waals surface area contributed by atoms with Crippen LogP contribution < -0.4 is 9.47 Å². The summed E-state index contributed by atoms with van der Waals surface area (Å²) in [4.78, 5) is 12.1. The van der Waals surface area contributed by atoms with Crippen molar-refractivity contribution in [2.75, 3.05) is 13.7 Å². The van der Waals surface area contributed by atoms with E-state index in [1.807, 2.05) is 44.2 Å². The molecule has 0 unspecified atom stereocenters. The number of hydrogen-bond acceptors (Lipinski definition) is 7. The van der Waals surface area contributed by atoms with E-state index in [1.165, 1.54) is 0 Å². The lowest BCUT2D eigenvalue weighted by molar-refractivity contribution is -0.152. The zero-order valence-electron chi connectivity index (χ0n) is 16.3. The standard InChI is InChI=1S/C21H22N2O5/c1-13-5-10-18(14(2)11-13)26-12-19(24)27-15(3)20-22-23-21(28-20)16-6-8-17(25-4)9-7-16/h5-11,15H,12H2,1-4H3/t15-/m0/s1. The van der Waals surface area contributed by atoms with Gasteiger partial charge in [0.25, 0.3) is 5.89 Å². The number of carbonyl (C=O) groups excluding carboxylic acids is 1. The first-order chi connectivity index (χ1) is 13.5. The molecule has 1 aromatic heterocycles. The fourth-order valence-corrected chi connectivity index (χ4v) is 2.63. The average molecular weight is 382 g/mol. The van der Waals surface area contributed by atoms with Gasteiger partial charge in [-0.15, -0.1) is 10.2 Å². The third-order valence-corrected chi connectivity index (χ3v) is 4.11. The van der Waals surface area contributed by atoms with Crippen molar-refractivity contribution in [3.8, 4) is 23.0 Å². The molecule has 28 heavy (non-hydrogen) atoms. The maximum atomic E-state index is 12.1. The molecule has 0 spiro atoms. The number of benzene rings is 2. The van der Waals surface area contributed by atoms with Gasteiger partial charge in [0.1, 0.15) is 11.5 Å². The SMILES string of the molecule is COc1ccc(-c2nnc([C@H](C)OC(=O)COc3ccc(C)cc3C)o2)cc1. The average Bonchev–Trinajstić information content (AvgIpc) is 3.18. The molecule has 3 rings (SSSR count). The number of methoxy groups -OCH3 is 1. The Kier molecular flexibility index (Phi) is 5.93. The minimum atomic E-state index is -0.685. The number of hydrogen-bond donors (Lipinski definition) is 0. The highest BCUT2D eigenvalue weighted by Gasteiger charge is 2.19. The fraction of sp³-hybridized carbons (Fsp3) is 0.286. The third kappa shape index (κ3) is 4.68. The molecule has 0 aliphatic carbocycles. The van der Waals surface area contributed by atoms with Crippen LogP contribution in [-0.4, -0.2) is 29.9 Å². The Morgan fingerprint density at radius 3 is 2.54 bits per heavy atom. The van der Waals surface area contributed by atoms with Crippen LogP contribution in [0.5, 0.6) is 11.5 Å². The summed E-state index contributed by atoms with van der Waals surface area (Å²) in [5.41, 5.74) is 2.84. The lowest BCUT2D eigenvalue weighted by atomic mass is 10.1. The summed E-state index contributed by atoms with van der Waals surface area (Å²) in [6.07, 6.45) is -0.685. The number of nitrogens with zero attached hydrogens (tertiary/aromatic N) is 2. The number of esters is 1. The largest absolute Gasteiger partial charge is 0.497 e. The predicted octanol–water partition coefficient (Wildman–Crippen LogP) is 4.05. The summed E-state index contributed by atoms with van der Waals surface area (Å²) in [5, 5.41) is 7.97. The number of carbonyl (C=O) groups is 1. The van der Waals surface area contributed by atoms with Crippen LogP contribution in [0.4, 0.5) is 0 Å². The van der Waals surface area contributed by atoms with E-state index in [0.717, 1.165) is 22.4 Å². The van der Waals surface area contributed by atoms with E-state index in [1.54, 1.807) is 26.2 Å². The third-order valence-electron chi connectivity index (χ3n) is 4.11.